The predicted octanol–water partition coefficient (Wildman–Crippen LogP) is 16.4. The van der Waals surface area contributed by atoms with Crippen molar-refractivity contribution in [2.24, 2.45) is 0 Å². The molecule has 6 nitrogen and oxygen atoms in total. The van der Waals surface area contributed by atoms with Crippen LogP contribution in [0.5, 0.6) is 0 Å². The van der Waals surface area contributed by atoms with Gasteiger partial charge in [0.15, 0.2) is 22.8 Å². The summed E-state index contributed by atoms with van der Waals surface area (Å²) >= 11 is 0. The number of nitrogens with zero attached hydrogens (tertiary/aromatic N) is 4. The third-order valence-corrected chi connectivity index (χ3v) is 12.7. The quantitative estimate of drug-likeness (QED) is 0.151. The average molecular weight is 871 g/mol. The van der Waals surface area contributed by atoms with Crippen LogP contribution in [0.1, 0.15) is 0 Å². The normalized spacial score (nSPS) is 11.5. The zero-order chi connectivity index (χ0) is 45.0. The van der Waals surface area contributed by atoms with Crippen molar-refractivity contribution in [1.82, 2.24) is 19.9 Å². The van der Waals surface area contributed by atoms with E-state index in [-0.39, 0.29) is 0 Å². The Morgan fingerprint density at radius 2 is 0.529 bits per heavy atom. The molecular weight excluding hydrogens is 833 g/mol. The van der Waals surface area contributed by atoms with Crippen molar-refractivity contribution in [1.29, 1.82) is 0 Å². The highest BCUT2D eigenvalue weighted by molar-refractivity contribution is 6.19. The van der Waals surface area contributed by atoms with Gasteiger partial charge in [0.2, 0.25) is 0 Å². The maximum atomic E-state index is 6.62. The Morgan fingerprint density at radius 1 is 0.221 bits per heavy atom. The second-order valence-electron chi connectivity index (χ2n) is 17.0. The van der Waals surface area contributed by atoms with Crippen LogP contribution in [0.3, 0.4) is 0 Å². The van der Waals surface area contributed by atoms with E-state index < -0.39 is 0 Å². The first-order valence-electron chi connectivity index (χ1n) is 22.7. The first-order valence-corrected chi connectivity index (χ1v) is 22.7. The summed E-state index contributed by atoms with van der Waals surface area (Å²) < 4.78 is 13.2. The summed E-state index contributed by atoms with van der Waals surface area (Å²) in [5.41, 5.74) is 16.8. The van der Waals surface area contributed by atoms with Crippen molar-refractivity contribution in [2.45, 2.75) is 0 Å². The molecule has 0 N–H and O–H groups in total. The first-order chi connectivity index (χ1) is 33.6. The summed E-state index contributed by atoms with van der Waals surface area (Å²) in [6, 6.07) is 79.2. The smallest absolute Gasteiger partial charge is 0.178 e. The second-order valence-corrected chi connectivity index (χ2v) is 17.0. The third-order valence-electron chi connectivity index (χ3n) is 12.7. The van der Waals surface area contributed by atoms with Crippen molar-refractivity contribution in [3.63, 3.8) is 0 Å². The summed E-state index contributed by atoms with van der Waals surface area (Å²) in [5.74, 6) is 1.34. The summed E-state index contributed by atoms with van der Waals surface area (Å²) in [4.78, 5) is 20.3. The average Bonchev–Trinajstić information content (AvgIpc) is 4.00. The molecule has 0 fully saturated rings. The van der Waals surface area contributed by atoms with E-state index >= 15 is 0 Å². The Balaban J connectivity index is 0.853. The Labute approximate surface area is 391 Å². The van der Waals surface area contributed by atoms with Crippen molar-refractivity contribution in [3.05, 3.63) is 231 Å². The number of hydrogen-bond acceptors (Lipinski definition) is 6. The summed E-state index contributed by atoms with van der Waals surface area (Å²) in [7, 11) is 0. The Morgan fingerprint density at radius 3 is 0.882 bits per heavy atom. The lowest BCUT2D eigenvalue weighted by atomic mass is 9.99. The van der Waals surface area contributed by atoms with Gasteiger partial charge in [0, 0.05) is 54.9 Å². The molecule has 4 aromatic heterocycles. The van der Waals surface area contributed by atoms with E-state index in [0.717, 1.165) is 122 Å². The van der Waals surface area contributed by atoms with Crippen molar-refractivity contribution >= 4 is 43.9 Å². The largest absolute Gasteiger partial charge is 0.452 e. The molecule has 68 heavy (non-hydrogen) atoms. The number of benzene rings is 9. The molecule has 0 amide bonds. The van der Waals surface area contributed by atoms with Gasteiger partial charge in [-0.3, -0.25) is 0 Å². The van der Waals surface area contributed by atoms with E-state index in [4.69, 9.17) is 28.8 Å². The van der Waals surface area contributed by atoms with Crippen LogP contribution < -0.4 is 0 Å². The molecule has 0 unspecified atom stereocenters. The first kappa shape index (κ1) is 39.1. The van der Waals surface area contributed by atoms with Gasteiger partial charge in [0.25, 0.3) is 0 Å². The van der Waals surface area contributed by atoms with Crippen LogP contribution in [0.4, 0.5) is 0 Å². The molecule has 0 saturated carbocycles. The molecule has 13 rings (SSSR count). The number of furan rings is 2. The Kier molecular flexibility index (Phi) is 9.39. The minimum atomic E-state index is 0.671. The number of aromatic nitrogens is 4. The molecule has 0 aliphatic rings. The molecule has 0 radical (unpaired) electrons. The van der Waals surface area contributed by atoms with Gasteiger partial charge < -0.3 is 8.83 Å². The summed E-state index contributed by atoms with van der Waals surface area (Å²) in [5, 5.41) is 4.03. The van der Waals surface area contributed by atoms with Gasteiger partial charge in [-0.2, -0.15) is 0 Å². The highest BCUT2D eigenvalue weighted by Crippen LogP contribution is 2.42. The van der Waals surface area contributed by atoms with Gasteiger partial charge >= 0.3 is 0 Å². The third kappa shape index (κ3) is 7.08. The molecular formula is C62H38N4O2. The molecule has 0 aliphatic carbocycles. The van der Waals surface area contributed by atoms with E-state index in [2.05, 4.69) is 158 Å². The standard InChI is InChI=1S/C62H38N4O2/c1-5-15-39(16-6-1)53-37-54(40-17-7-2-8-18-40)64-61(63-53)47-25-13-23-43(33-47)45-27-31-57-51(35-45)49-29-30-50-52-36-46(28-32-58(52)68-60(50)59(49)67-57)44-24-14-26-48(34-44)62-65-55(41-19-9-3-10-20-41)38-56(66-62)42-21-11-4-12-22-42/h1-38H. The lowest BCUT2D eigenvalue weighted by Gasteiger charge is -2.10. The summed E-state index contributed by atoms with van der Waals surface area (Å²) in [6.45, 7) is 0. The van der Waals surface area contributed by atoms with E-state index in [1.807, 2.05) is 72.8 Å². The molecule has 0 spiro atoms. The molecule has 0 bridgehead atoms. The lowest BCUT2D eigenvalue weighted by Crippen LogP contribution is -1.96. The minimum absolute atomic E-state index is 0.671. The summed E-state index contributed by atoms with van der Waals surface area (Å²) in [6.07, 6.45) is 0. The van der Waals surface area contributed by atoms with Gasteiger partial charge in [-0.15, -0.1) is 0 Å². The number of hydrogen-bond donors (Lipinski definition) is 0. The highest BCUT2D eigenvalue weighted by Gasteiger charge is 2.19. The molecule has 0 saturated heterocycles. The van der Waals surface area contributed by atoms with Gasteiger partial charge in [0.05, 0.1) is 22.8 Å². The van der Waals surface area contributed by atoms with Crippen molar-refractivity contribution < 1.29 is 8.83 Å². The van der Waals surface area contributed by atoms with Crippen molar-refractivity contribution in [3.8, 4) is 90.1 Å². The molecule has 9 aromatic carbocycles. The maximum absolute atomic E-state index is 6.62. The van der Waals surface area contributed by atoms with Crippen LogP contribution in [0, 0.1) is 0 Å². The Hall–Kier alpha value is -9.26. The van der Waals surface area contributed by atoms with Crippen LogP contribution in [0.15, 0.2) is 239 Å². The van der Waals surface area contributed by atoms with E-state index in [0.29, 0.717) is 11.6 Å². The highest BCUT2D eigenvalue weighted by atomic mass is 16.4. The number of fused-ring (bicyclic) bond motifs is 7. The molecule has 6 heteroatoms. The van der Waals surface area contributed by atoms with Crippen LogP contribution >= 0.6 is 0 Å². The molecule has 0 atom stereocenters. The fraction of sp³-hybridized carbons (Fsp3) is 0. The molecule has 318 valence electrons. The van der Waals surface area contributed by atoms with Gasteiger partial charge in [-0.25, -0.2) is 19.9 Å². The van der Waals surface area contributed by atoms with Gasteiger partial charge in [0.1, 0.15) is 11.2 Å². The van der Waals surface area contributed by atoms with E-state index in [1.54, 1.807) is 0 Å². The molecule has 13 aromatic rings. The van der Waals surface area contributed by atoms with Gasteiger partial charge in [-0.05, 0) is 82.9 Å². The fourth-order valence-electron chi connectivity index (χ4n) is 9.28. The molecule has 0 aliphatic heterocycles. The van der Waals surface area contributed by atoms with Crippen LogP contribution in [0.2, 0.25) is 0 Å². The second kappa shape index (κ2) is 16.3. The maximum Gasteiger partial charge on any atom is 0.178 e. The zero-order valence-corrected chi connectivity index (χ0v) is 36.5. The fourth-order valence-corrected chi connectivity index (χ4v) is 9.28. The van der Waals surface area contributed by atoms with E-state index in [9.17, 15) is 0 Å². The monoisotopic (exact) mass is 870 g/mol. The van der Waals surface area contributed by atoms with Crippen molar-refractivity contribution in [2.75, 3.05) is 0 Å². The topological polar surface area (TPSA) is 77.8 Å². The van der Waals surface area contributed by atoms with Crippen LogP contribution in [0.25, 0.3) is 134 Å². The SMILES string of the molecule is c1ccc(-c2cc(-c3ccccc3)nc(-c3cccc(-c4ccc5oc6c(ccc7c8cc(-c9cccc(-c%10nc(-c%11ccccc%11)cc(-c%11ccccc%11)n%10)c9)ccc8oc76)c5c4)c3)n2)cc1. The lowest BCUT2D eigenvalue weighted by molar-refractivity contribution is 0.633. The zero-order valence-electron chi connectivity index (χ0n) is 36.5. The predicted molar refractivity (Wildman–Crippen MR) is 276 cm³/mol. The Bertz CT molecular complexity index is 3640. The van der Waals surface area contributed by atoms with Crippen LogP contribution in [-0.2, 0) is 0 Å². The molecule has 4 heterocycles. The minimum Gasteiger partial charge on any atom is -0.452 e. The van der Waals surface area contributed by atoms with E-state index in [1.165, 1.54) is 0 Å². The van der Waals surface area contributed by atoms with Crippen LogP contribution in [-0.4, -0.2) is 19.9 Å². The number of rotatable bonds is 8. The van der Waals surface area contributed by atoms with Gasteiger partial charge in [-0.1, -0.05) is 170 Å².